The molecule has 3 aliphatic rings. The minimum Gasteiger partial charge on any atom is -0.379 e. The molecule has 0 aromatic carbocycles. The number of Topliss-reactive ketones (excluding diaryl/α,β-unsaturated/α-hetero) is 1. The molecule has 1 spiro atoms. The normalized spacial score (nSPS) is 24.9. The molecule has 3 aliphatic heterocycles. The Morgan fingerprint density at radius 3 is 2.78 bits per heavy atom. The number of hydrogen-bond acceptors (Lipinski definition) is 7. The number of carbonyl (C=O) groups is 1. The van der Waals surface area contributed by atoms with Gasteiger partial charge in [-0.15, -0.1) is 0 Å². The molecule has 0 saturated carbocycles. The number of aliphatic imine (C=N–C) groups is 1. The zero-order chi connectivity index (χ0) is 19.0. The van der Waals surface area contributed by atoms with Crippen LogP contribution in [0.15, 0.2) is 33.3 Å². The highest BCUT2D eigenvalue weighted by Gasteiger charge is 2.45. The Bertz CT molecular complexity index is 822. The summed E-state index contributed by atoms with van der Waals surface area (Å²) in [6.45, 7) is 2.91. The lowest BCUT2D eigenvalue weighted by Crippen LogP contribution is -2.51. The Morgan fingerprint density at radius 1 is 1.33 bits per heavy atom. The molecule has 27 heavy (non-hydrogen) atoms. The van der Waals surface area contributed by atoms with E-state index in [1.165, 1.54) is 11.8 Å². The molecule has 1 aromatic heterocycles. The van der Waals surface area contributed by atoms with E-state index in [9.17, 15) is 4.79 Å². The van der Waals surface area contributed by atoms with Crippen molar-refractivity contribution in [2.24, 2.45) is 16.1 Å². The molecule has 4 rings (SSSR count). The summed E-state index contributed by atoms with van der Waals surface area (Å²) in [6.07, 6.45) is 5.51. The molecule has 144 valence electrons. The number of amidine groups is 1. The number of ether oxygens (including phenoxy) is 1. The van der Waals surface area contributed by atoms with Gasteiger partial charge in [0, 0.05) is 53.2 Å². The van der Waals surface area contributed by atoms with Gasteiger partial charge in [-0.1, -0.05) is 35.0 Å². The lowest BCUT2D eigenvalue weighted by molar-refractivity contribution is -0.113. The van der Waals surface area contributed by atoms with Crippen LogP contribution in [0.2, 0.25) is 10.2 Å². The number of thioether (sulfide) groups is 1. The maximum absolute atomic E-state index is 12.7. The highest BCUT2D eigenvalue weighted by atomic mass is 35.5. The van der Waals surface area contributed by atoms with Crippen LogP contribution >= 0.6 is 35.0 Å². The molecule has 0 bridgehead atoms. The Morgan fingerprint density at radius 2 is 2.11 bits per heavy atom. The second kappa shape index (κ2) is 7.72. The fraction of sp³-hybridized carbons (Fsp3) is 0.500. The van der Waals surface area contributed by atoms with Crippen molar-refractivity contribution in [2.45, 2.75) is 30.2 Å². The third-order valence-electron chi connectivity index (χ3n) is 5.50. The number of allylic oxidation sites excluding steroid dienone is 1. The smallest absolute Gasteiger partial charge is 0.202 e. The van der Waals surface area contributed by atoms with Crippen molar-refractivity contribution in [2.75, 3.05) is 26.3 Å². The third kappa shape index (κ3) is 3.76. The number of piperidine rings is 1. The van der Waals surface area contributed by atoms with E-state index in [0.717, 1.165) is 42.3 Å². The summed E-state index contributed by atoms with van der Waals surface area (Å²) in [5.74, 6) is 0.569. The maximum atomic E-state index is 12.7. The Hall–Kier alpha value is -1.12. The van der Waals surface area contributed by atoms with Crippen LogP contribution in [0.5, 0.6) is 0 Å². The van der Waals surface area contributed by atoms with Crippen molar-refractivity contribution in [1.82, 2.24) is 9.88 Å². The number of ketones is 1. The zero-order valence-electron chi connectivity index (χ0n) is 14.7. The number of halogens is 2. The van der Waals surface area contributed by atoms with Crippen LogP contribution in [0.25, 0.3) is 0 Å². The predicted octanol–water partition coefficient (Wildman–Crippen LogP) is 3.13. The summed E-state index contributed by atoms with van der Waals surface area (Å²) in [7, 11) is 0. The molecule has 0 radical (unpaired) electrons. The number of carbonyl (C=O) groups excluding carboxylic acids is 1. The molecular weight excluding hydrogens is 407 g/mol. The van der Waals surface area contributed by atoms with E-state index in [1.54, 1.807) is 18.5 Å². The fourth-order valence-corrected chi connectivity index (χ4v) is 5.13. The summed E-state index contributed by atoms with van der Waals surface area (Å²) in [4.78, 5) is 24.8. The molecule has 0 unspecified atom stereocenters. The summed E-state index contributed by atoms with van der Waals surface area (Å²) in [6, 6.07) is 1.86. The van der Waals surface area contributed by atoms with Gasteiger partial charge in [0.2, 0.25) is 5.78 Å². The molecule has 1 aromatic rings. The molecule has 2 fully saturated rings. The monoisotopic (exact) mass is 426 g/mol. The summed E-state index contributed by atoms with van der Waals surface area (Å²) < 4.78 is 5.56. The molecule has 2 saturated heterocycles. The van der Waals surface area contributed by atoms with Crippen molar-refractivity contribution >= 4 is 46.6 Å². The Balaban J connectivity index is 1.44. The Labute approximate surface area is 172 Å². The average molecular weight is 427 g/mol. The molecule has 0 aliphatic carbocycles. The van der Waals surface area contributed by atoms with Gasteiger partial charge >= 0.3 is 0 Å². The third-order valence-corrected chi connectivity index (χ3v) is 7.45. The van der Waals surface area contributed by atoms with Crippen LogP contribution in [-0.2, 0) is 9.53 Å². The van der Waals surface area contributed by atoms with E-state index >= 15 is 0 Å². The van der Waals surface area contributed by atoms with Crippen molar-refractivity contribution in [3.8, 4) is 0 Å². The summed E-state index contributed by atoms with van der Waals surface area (Å²) in [5.41, 5.74) is 6.29. The minimum atomic E-state index is 0.0270. The zero-order valence-corrected chi connectivity index (χ0v) is 17.0. The lowest BCUT2D eigenvalue weighted by atomic mass is 9.75. The van der Waals surface area contributed by atoms with E-state index in [-0.39, 0.29) is 22.4 Å². The number of pyridine rings is 1. The van der Waals surface area contributed by atoms with E-state index in [4.69, 9.17) is 33.7 Å². The van der Waals surface area contributed by atoms with E-state index in [0.29, 0.717) is 23.9 Å². The van der Waals surface area contributed by atoms with Gasteiger partial charge in [-0.05, 0) is 18.9 Å². The van der Waals surface area contributed by atoms with Crippen LogP contribution in [0.1, 0.15) is 19.3 Å². The molecular formula is C18H20Cl2N4O2S. The number of nitrogens with two attached hydrogens (primary N) is 1. The lowest BCUT2D eigenvalue weighted by Gasteiger charge is -2.41. The quantitative estimate of drug-likeness (QED) is 0.731. The van der Waals surface area contributed by atoms with Gasteiger partial charge in [0.15, 0.2) is 5.84 Å². The van der Waals surface area contributed by atoms with Gasteiger partial charge in [-0.25, -0.2) is 9.98 Å². The molecule has 9 heteroatoms. The van der Waals surface area contributed by atoms with E-state index in [2.05, 4.69) is 14.9 Å². The van der Waals surface area contributed by atoms with Crippen LogP contribution in [-0.4, -0.2) is 53.8 Å². The standard InChI is InChI=1S/C18H20Cl2N4O2S/c19-15-13(1-4-22-16(15)20)27-11-7-12(25)17(23-8-11)24-5-2-18(3-6-24)10-26-9-14(18)21/h1,4,8,14H,2-3,5-7,9-10,21H2/t14-/m1/s1. The van der Waals surface area contributed by atoms with Crippen LogP contribution in [0.4, 0.5) is 0 Å². The van der Waals surface area contributed by atoms with Gasteiger partial charge in [0.1, 0.15) is 5.15 Å². The van der Waals surface area contributed by atoms with Crippen LogP contribution in [0.3, 0.4) is 0 Å². The number of nitrogens with zero attached hydrogens (tertiary/aromatic N) is 3. The second-order valence-corrected chi connectivity index (χ2v) is 9.04. The molecule has 1 atom stereocenters. The first kappa shape index (κ1) is 19.2. The number of aromatic nitrogens is 1. The fourth-order valence-electron chi connectivity index (χ4n) is 3.78. The topological polar surface area (TPSA) is 80.8 Å². The minimum absolute atomic E-state index is 0.0270. The summed E-state index contributed by atoms with van der Waals surface area (Å²) in [5, 5.41) is 0.647. The van der Waals surface area contributed by atoms with Gasteiger partial charge < -0.3 is 15.4 Å². The van der Waals surface area contributed by atoms with E-state index in [1.807, 2.05) is 0 Å². The van der Waals surface area contributed by atoms with Crippen molar-refractivity contribution < 1.29 is 9.53 Å². The largest absolute Gasteiger partial charge is 0.379 e. The SMILES string of the molecule is N[C@@H]1COCC12CCN(C1=NC=C(Sc3ccnc(Cl)c3Cl)CC1=O)CC2. The van der Waals surface area contributed by atoms with Crippen LogP contribution < -0.4 is 5.73 Å². The highest BCUT2D eigenvalue weighted by Crippen LogP contribution is 2.40. The number of rotatable bonds is 2. The average Bonchev–Trinajstić information content (AvgIpc) is 3.00. The second-order valence-electron chi connectivity index (χ2n) is 7.14. The molecule has 4 heterocycles. The first-order chi connectivity index (χ1) is 13.0. The van der Waals surface area contributed by atoms with Crippen molar-refractivity contribution in [1.29, 1.82) is 0 Å². The van der Waals surface area contributed by atoms with Gasteiger partial charge in [-0.2, -0.15) is 0 Å². The highest BCUT2D eigenvalue weighted by molar-refractivity contribution is 8.03. The molecule has 2 N–H and O–H groups in total. The first-order valence-electron chi connectivity index (χ1n) is 8.85. The van der Waals surface area contributed by atoms with Gasteiger partial charge in [-0.3, -0.25) is 4.79 Å². The Kier molecular flexibility index (Phi) is 5.49. The van der Waals surface area contributed by atoms with Crippen LogP contribution in [0, 0.1) is 5.41 Å². The van der Waals surface area contributed by atoms with Gasteiger partial charge in [0.25, 0.3) is 0 Å². The first-order valence-corrected chi connectivity index (χ1v) is 10.4. The van der Waals surface area contributed by atoms with Crippen molar-refractivity contribution in [3.63, 3.8) is 0 Å². The van der Waals surface area contributed by atoms with E-state index < -0.39 is 0 Å². The summed E-state index contributed by atoms with van der Waals surface area (Å²) >= 11 is 13.5. The maximum Gasteiger partial charge on any atom is 0.202 e. The molecule has 0 amide bonds. The number of likely N-dealkylation sites (tertiary alicyclic amines) is 1. The predicted molar refractivity (Wildman–Crippen MR) is 107 cm³/mol. The molecule has 6 nitrogen and oxygen atoms in total. The van der Waals surface area contributed by atoms with Gasteiger partial charge in [0.05, 0.1) is 18.2 Å². The van der Waals surface area contributed by atoms with Crippen molar-refractivity contribution in [3.05, 3.63) is 33.5 Å². The number of hydrogen-bond donors (Lipinski definition) is 1.